The maximum atomic E-state index is 13.6. The van der Waals surface area contributed by atoms with E-state index in [9.17, 15) is 9.59 Å². The van der Waals surface area contributed by atoms with E-state index in [2.05, 4.69) is 25.9 Å². The Morgan fingerprint density at radius 2 is 1.44 bits per heavy atom. The number of anilines is 1. The Labute approximate surface area is 285 Å². The second kappa shape index (κ2) is 23.9. The Hall–Kier alpha value is -5.38. The summed E-state index contributed by atoms with van der Waals surface area (Å²) in [7, 11) is 1.31. The van der Waals surface area contributed by atoms with E-state index in [1.54, 1.807) is 22.9 Å². The number of guanidine groups is 1. The number of carbonyl (C=O) groups is 2. The zero-order valence-corrected chi connectivity index (χ0v) is 29.3. The van der Waals surface area contributed by atoms with Crippen molar-refractivity contribution in [2.45, 2.75) is 66.5 Å². The van der Waals surface area contributed by atoms with E-state index in [1.165, 1.54) is 12.7 Å². The van der Waals surface area contributed by atoms with Gasteiger partial charge in [-0.05, 0) is 62.1 Å². The fourth-order valence-electron chi connectivity index (χ4n) is 4.45. The molecule has 0 saturated carbocycles. The molecule has 0 aliphatic rings. The monoisotopic (exact) mass is 656 g/mol. The van der Waals surface area contributed by atoms with Gasteiger partial charge in [-0.15, -0.1) is 0 Å². The largest absolute Gasteiger partial charge is 0.471 e. The van der Waals surface area contributed by atoms with Crippen molar-refractivity contribution >= 4 is 24.0 Å². The van der Waals surface area contributed by atoms with Gasteiger partial charge >= 0.3 is 0 Å². The maximum absolute atomic E-state index is 13.6. The fourth-order valence-corrected chi connectivity index (χ4v) is 4.45. The molecule has 0 fully saturated rings. The van der Waals surface area contributed by atoms with E-state index in [1.807, 2.05) is 126 Å². The van der Waals surface area contributed by atoms with Crippen LogP contribution in [0.3, 0.4) is 0 Å². The number of methoxy groups -OCH3 is 1. The van der Waals surface area contributed by atoms with Gasteiger partial charge in [0.1, 0.15) is 5.56 Å². The molecule has 10 heteroatoms. The quantitative estimate of drug-likeness (QED) is 0.0451. The minimum atomic E-state index is -0.390. The summed E-state index contributed by atoms with van der Waals surface area (Å²) in [6.45, 7) is 12.8. The number of ether oxygens (including phenoxy) is 1. The van der Waals surface area contributed by atoms with Gasteiger partial charge in [0, 0.05) is 18.8 Å². The summed E-state index contributed by atoms with van der Waals surface area (Å²) < 4.78 is 5.49. The predicted molar refractivity (Wildman–Crippen MR) is 197 cm³/mol. The minimum absolute atomic E-state index is 0.111. The van der Waals surface area contributed by atoms with Crippen LogP contribution in [0.4, 0.5) is 5.69 Å². The molecular formula is C38H52N6O4. The minimum Gasteiger partial charge on any atom is -0.471 e. The standard InChI is InChI=1S/C32H36N6O2.C2H4O2.2C2H6/c1-23-17-19-27(20-18-23)36-37-32(33)34-21-9-11-24(2)35-30(39)28-16-10-22-38(31(28)40)29(25-12-5-3-6-13-25)26-14-7-4-8-15-26;1-4-2-3;2*1-2/h3-8,10,12-20,22,24,29,36H,9,11,21H2,1-2H3,(H,35,39)(H3,33,34,37);2H,1H3;2*1-2H3. The molecule has 0 radical (unpaired) electrons. The number of aryl methyl sites for hydroxylation is 1. The highest BCUT2D eigenvalue weighted by atomic mass is 16.5. The van der Waals surface area contributed by atoms with Gasteiger partial charge in [-0.25, -0.2) is 0 Å². The summed E-state index contributed by atoms with van der Waals surface area (Å²) in [5.74, 6) is -0.104. The number of nitrogens with zero attached hydrogens (tertiary/aromatic N) is 2. The normalized spacial score (nSPS) is 10.8. The Balaban J connectivity index is 0.00000132. The summed E-state index contributed by atoms with van der Waals surface area (Å²) in [5.41, 5.74) is 15.6. The molecule has 4 rings (SSSR count). The third-order valence-electron chi connectivity index (χ3n) is 6.67. The molecule has 1 unspecified atom stereocenters. The van der Waals surface area contributed by atoms with Crippen LogP contribution in [-0.4, -0.2) is 42.6 Å². The van der Waals surface area contributed by atoms with Crippen LogP contribution < -0.4 is 27.5 Å². The average molecular weight is 657 g/mol. The van der Waals surface area contributed by atoms with Gasteiger partial charge in [-0.2, -0.15) is 0 Å². The summed E-state index contributed by atoms with van der Waals surface area (Å²) >= 11 is 0. The van der Waals surface area contributed by atoms with Gasteiger partial charge in [0.2, 0.25) is 5.96 Å². The molecule has 10 nitrogen and oxygen atoms in total. The number of hydrogen-bond donors (Lipinski definition) is 4. The summed E-state index contributed by atoms with van der Waals surface area (Å²) in [6, 6.07) is 30.4. The Morgan fingerprint density at radius 1 is 0.896 bits per heavy atom. The van der Waals surface area contributed by atoms with E-state index in [-0.39, 0.29) is 29.2 Å². The number of hydrazine groups is 1. The Kier molecular flexibility index (Phi) is 20.2. The molecule has 0 aliphatic carbocycles. The number of aromatic nitrogens is 1. The first kappa shape index (κ1) is 40.6. The molecule has 258 valence electrons. The molecule has 48 heavy (non-hydrogen) atoms. The van der Waals surface area contributed by atoms with Crippen LogP contribution in [0.1, 0.15) is 80.6 Å². The van der Waals surface area contributed by atoms with Crippen molar-refractivity contribution < 1.29 is 14.3 Å². The van der Waals surface area contributed by atoms with Crippen LogP contribution in [0.2, 0.25) is 0 Å². The SMILES string of the molecule is CC.CC.COC=O.Cc1ccc(NNC(N)=NCCCC(C)NC(=O)c2cccn(C(c3ccccc3)c3ccccc3)c2=O)cc1. The van der Waals surface area contributed by atoms with E-state index < -0.39 is 5.91 Å². The maximum Gasteiger partial charge on any atom is 0.292 e. The number of nitrogens with two attached hydrogens (primary N) is 1. The van der Waals surface area contributed by atoms with Crippen molar-refractivity contribution in [2.75, 3.05) is 19.1 Å². The second-order valence-corrected chi connectivity index (χ2v) is 10.1. The number of carbonyl (C=O) groups excluding carboxylic acids is 2. The molecule has 0 spiro atoms. The Morgan fingerprint density at radius 3 is 1.96 bits per heavy atom. The van der Waals surface area contributed by atoms with Crippen LogP contribution in [0, 0.1) is 6.92 Å². The third-order valence-corrected chi connectivity index (χ3v) is 6.67. The highest BCUT2D eigenvalue weighted by Gasteiger charge is 2.21. The van der Waals surface area contributed by atoms with Crippen LogP contribution in [0.25, 0.3) is 0 Å². The van der Waals surface area contributed by atoms with Crippen molar-refractivity contribution in [3.05, 3.63) is 136 Å². The van der Waals surface area contributed by atoms with Crippen molar-refractivity contribution in [1.29, 1.82) is 0 Å². The number of rotatable bonds is 12. The van der Waals surface area contributed by atoms with Gasteiger partial charge in [0.05, 0.1) is 18.8 Å². The van der Waals surface area contributed by atoms with Gasteiger partial charge in [0.25, 0.3) is 17.9 Å². The molecule has 4 aromatic rings. The third kappa shape index (κ3) is 13.9. The van der Waals surface area contributed by atoms with Crippen molar-refractivity contribution in [2.24, 2.45) is 10.7 Å². The lowest BCUT2D eigenvalue weighted by molar-refractivity contribution is -0.126. The lowest BCUT2D eigenvalue weighted by Crippen LogP contribution is -2.38. The molecule has 3 aromatic carbocycles. The van der Waals surface area contributed by atoms with Gasteiger partial charge in [-0.1, -0.05) is 106 Å². The molecule has 1 amide bonds. The summed E-state index contributed by atoms with van der Waals surface area (Å²) in [5, 5.41) is 2.96. The smallest absolute Gasteiger partial charge is 0.292 e. The lowest BCUT2D eigenvalue weighted by atomic mass is 9.98. The number of aliphatic imine (C=N–C) groups is 1. The average Bonchev–Trinajstić information content (AvgIpc) is 3.13. The molecular weight excluding hydrogens is 604 g/mol. The molecule has 1 heterocycles. The van der Waals surface area contributed by atoms with Gasteiger partial charge in [-0.3, -0.25) is 30.2 Å². The molecule has 0 bridgehead atoms. The highest BCUT2D eigenvalue weighted by molar-refractivity contribution is 5.94. The molecule has 0 aliphatic heterocycles. The number of hydrogen-bond acceptors (Lipinski definition) is 6. The molecule has 5 N–H and O–H groups in total. The summed E-state index contributed by atoms with van der Waals surface area (Å²) in [6.07, 6.45) is 3.14. The fraction of sp³-hybridized carbons (Fsp3) is 0.316. The lowest BCUT2D eigenvalue weighted by Gasteiger charge is -2.22. The summed E-state index contributed by atoms with van der Waals surface area (Å²) in [4.78, 5) is 39.9. The zero-order chi connectivity index (χ0) is 35.7. The first-order chi connectivity index (χ1) is 23.3. The van der Waals surface area contributed by atoms with Crippen LogP contribution in [0.15, 0.2) is 113 Å². The Bertz CT molecular complexity index is 1500. The second-order valence-electron chi connectivity index (χ2n) is 10.1. The van der Waals surface area contributed by atoms with E-state index in [0.717, 1.165) is 23.2 Å². The van der Waals surface area contributed by atoms with Crippen LogP contribution >= 0.6 is 0 Å². The van der Waals surface area contributed by atoms with Crippen molar-refractivity contribution in [3.8, 4) is 0 Å². The number of nitrogens with one attached hydrogen (secondary N) is 3. The van der Waals surface area contributed by atoms with Crippen molar-refractivity contribution in [3.63, 3.8) is 0 Å². The van der Waals surface area contributed by atoms with Crippen LogP contribution in [0.5, 0.6) is 0 Å². The van der Waals surface area contributed by atoms with Gasteiger partial charge in [0.15, 0.2) is 0 Å². The van der Waals surface area contributed by atoms with Crippen molar-refractivity contribution in [1.82, 2.24) is 15.3 Å². The molecule has 1 atom stereocenters. The predicted octanol–water partition coefficient (Wildman–Crippen LogP) is 6.47. The van der Waals surface area contributed by atoms with E-state index in [4.69, 9.17) is 10.5 Å². The van der Waals surface area contributed by atoms with E-state index in [0.29, 0.717) is 19.4 Å². The van der Waals surface area contributed by atoms with E-state index >= 15 is 0 Å². The van der Waals surface area contributed by atoms with Crippen LogP contribution in [-0.2, 0) is 9.53 Å². The molecule has 1 aromatic heterocycles. The zero-order valence-electron chi connectivity index (χ0n) is 29.3. The first-order valence-electron chi connectivity index (χ1n) is 16.3. The number of pyridine rings is 1. The number of benzene rings is 3. The van der Waals surface area contributed by atoms with Gasteiger partial charge < -0.3 is 20.4 Å². The number of amides is 1. The first-order valence-corrected chi connectivity index (χ1v) is 16.3. The molecule has 0 saturated heterocycles. The topological polar surface area (TPSA) is 140 Å². The highest BCUT2D eigenvalue weighted by Crippen LogP contribution is 2.25.